The Morgan fingerprint density at radius 3 is 2.42 bits per heavy atom. The molecule has 0 spiro atoms. The molecule has 0 heterocycles. The molecule has 0 aromatic heterocycles. The van der Waals surface area contributed by atoms with Gasteiger partial charge in [-0.3, -0.25) is 10.1 Å². The highest BCUT2D eigenvalue weighted by atomic mass is 35.5. The van der Waals surface area contributed by atoms with Gasteiger partial charge in [0.2, 0.25) is 0 Å². The van der Waals surface area contributed by atoms with Gasteiger partial charge in [0.25, 0.3) is 5.69 Å². The van der Waals surface area contributed by atoms with Crippen molar-refractivity contribution in [1.29, 1.82) is 0 Å². The lowest BCUT2D eigenvalue weighted by Crippen LogP contribution is -2.01. The molecule has 19 heavy (non-hydrogen) atoms. The summed E-state index contributed by atoms with van der Waals surface area (Å²) in [6, 6.07) is 3.01. The average molecular weight is 306 g/mol. The van der Waals surface area contributed by atoms with Crippen LogP contribution in [0.2, 0.25) is 0 Å². The first-order valence-electron chi connectivity index (χ1n) is 5.62. The lowest BCUT2D eigenvalue weighted by molar-refractivity contribution is -0.387. The SMILES string of the molecule is COc1cc(SCC(C)CCl)c([N+](=O)[O-])cc1OC. The van der Waals surface area contributed by atoms with Crippen LogP contribution in [0.5, 0.6) is 11.5 Å². The number of rotatable bonds is 7. The first-order valence-corrected chi connectivity index (χ1v) is 7.14. The molecule has 0 saturated heterocycles. The monoisotopic (exact) mass is 305 g/mol. The number of halogens is 1. The summed E-state index contributed by atoms with van der Waals surface area (Å²) < 4.78 is 10.2. The Balaban J connectivity index is 3.09. The number of ether oxygens (including phenoxy) is 2. The summed E-state index contributed by atoms with van der Waals surface area (Å²) in [6.07, 6.45) is 0. The quantitative estimate of drug-likeness (QED) is 0.333. The lowest BCUT2D eigenvalue weighted by Gasteiger charge is -2.11. The van der Waals surface area contributed by atoms with E-state index in [0.717, 1.165) is 0 Å². The third-order valence-corrected chi connectivity index (χ3v) is 4.35. The second kappa shape index (κ2) is 7.45. The van der Waals surface area contributed by atoms with Crippen LogP contribution in [0.4, 0.5) is 5.69 Å². The highest BCUT2D eigenvalue weighted by molar-refractivity contribution is 7.99. The van der Waals surface area contributed by atoms with Crippen LogP contribution in [0, 0.1) is 16.0 Å². The minimum absolute atomic E-state index is 0.0180. The van der Waals surface area contributed by atoms with Crippen molar-refractivity contribution in [3.8, 4) is 11.5 Å². The molecule has 0 fully saturated rings. The number of thioether (sulfide) groups is 1. The van der Waals surface area contributed by atoms with Gasteiger partial charge in [-0.05, 0) is 5.92 Å². The summed E-state index contributed by atoms with van der Waals surface area (Å²) in [4.78, 5) is 11.2. The number of nitro benzene ring substituents is 1. The summed E-state index contributed by atoms with van der Waals surface area (Å²) in [7, 11) is 2.95. The van der Waals surface area contributed by atoms with Gasteiger partial charge in [-0.1, -0.05) is 6.92 Å². The summed E-state index contributed by atoms with van der Waals surface area (Å²) >= 11 is 7.13. The molecule has 0 radical (unpaired) electrons. The molecule has 1 unspecified atom stereocenters. The van der Waals surface area contributed by atoms with Crippen LogP contribution in [0.1, 0.15) is 6.92 Å². The number of hydrogen-bond acceptors (Lipinski definition) is 5. The fourth-order valence-corrected chi connectivity index (χ4v) is 2.68. The zero-order valence-corrected chi connectivity index (χ0v) is 12.6. The topological polar surface area (TPSA) is 61.6 Å². The zero-order chi connectivity index (χ0) is 14.4. The molecular formula is C12H16ClNO4S. The van der Waals surface area contributed by atoms with Gasteiger partial charge in [-0.15, -0.1) is 23.4 Å². The van der Waals surface area contributed by atoms with Crippen LogP contribution in [0.15, 0.2) is 17.0 Å². The molecule has 1 atom stereocenters. The Kier molecular flexibility index (Phi) is 6.24. The highest BCUT2D eigenvalue weighted by Gasteiger charge is 2.20. The Morgan fingerprint density at radius 1 is 1.37 bits per heavy atom. The van der Waals surface area contributed by atoms with Crippen LogP contribution in [0.3, 0.4) is 0 Å². The van der Waals surface area contributed by atoms with E-state index in [1.165, 1.54) is 32.0 Å². The van der Waals surface area contributed by atoms with E-state index < -0.39 is 4.92 Å². The van der Waals surface area contributed by atoms with Gasteiger partial charge in [0.15, 0.2) is 11.5 Å². The predicted molar refractivity (Wildman–Crippen MR) is 76.8 cm³/mol. The minimum atomic E-state index is -0.421. The van der Waals surface area contributed by atoms with E-state index in [-0.39, 0.29) is 11.6 Å². The van der Waals surface area contributed by atoms with Gasteiger partial charge < -0.3 is 9.47 Å². The molecule has 0 aliphatic carbocycles. The summed E-state index contributed by atoms with van der Waals surface area (Å²) in [5, 5.41) is 11.1. The number of benzene rings is 1. The van der Waals surface area contributed by atoms with Gasteiger partial charge in [-0.2, -0.15) is 0 Å². The highest BCUT2D eigenvalue weighted by Crippen LogP contribution is 2.39. The molecule has 1 rings (SSSR count). The van der Waals surface area contributed by atoms with Crippen LogP contribution < -0.4 is 9.47 Å². The second-order valence-corrected chi connectivity index (χ2v) is 5.37. The Hall–Kier alpha value is -1.14. The van der Waals surface area contributed by atoms with E-state index in [1.54, 1.807) is 6.07 Å². The third-order valence-electron chi connectivity index (χ3n) is 2.45. The number of hydrogen-bond donors (Lipinski definition) is 0. The van der Waals surface area contributed by atoms with Gasteiger partial charge in [-0.25, -0.2) is 0 Å². The molecule has 0 bridgehead atoms. The van der Waals surface area contributed by atoms with Crippen LogP contribution in [-0.2, 0) is 0 Å². The fourth-order valence-electron chi connectivity index (χ4n) is 1.38. The molecule has 0 amide bonds. The molecule has 1 aromatic rings. The van der Waals surface area contributed by atoms with Crippen molar-refractivity contribution in [2.75, 3.05) is 25.9 Å². The Morgan fingerprint density at radius 2 is 1.95 bits per heavy atom. The zero-order valence-electron chi connectivity index (χ0n) is 11.0. The van der Waals surface area contributed by atoms with E-state index >= 15 is 0 Å². The lowest BCUT2D eigenvalue weighted by atomic mass is 10.3. The number of nitro groups is 1. The first-order chi connectivity index (χ1) is 9.03. The van der Waals surface area contributed by atoms with Gasteiger partial charge in [0.1, 0.15) is 0 Å². The van der Waals surface area contributed by atoms with Crippen molar-refractivity contribution in [2.45, 2.75) is 11.8 Å². The smallest absolute Gasteiger partial charge is 0.286 e. The third kappa shape index (κ3) is 4.18. The molecule has 0 N–H and O–H groups in total. The van der Waals surface area contributed by atoms with E-state index in [2.05, 4.69) is 0 Å². The molecule has 0 aliphatic rings. The standard InChI is InChI=1S/C12H16ClNO4S/c1-8(6-13)7-19-12-5-11(18-3)10(17-2)4-9(12)14(15)16/h4-5,8H,6-7H2,1-3H3. The maximum absolute atomic E-state index is 11.1. The van der Waals surface area contributed by atoms with Crippen LogP contribution in [0.25, 0.3) is 0 Å². The van der Waals surface area contributed by atoms with Crippen molar-refractivity contribution in [2.24, 2.45) is 5.92 Å². The summed E-state index contributed by atoms with van der Waals surface area (Å²) in [5.41, 5.74) is 0.0180. The Bertz CT molecular complexity index is 456. The summed E-state index contributed by atoms with van der Waals surface area (Å²) in [5.74, 6) is 2.34. The normalized spacial score (nSPS) is 12.0. The minimum Gasteiger partial charge on any atom is -0.493 e. The van der Waals surface area contributed by atoms with Crippen molar-refractivity contribution in [1.82, 2.24) is 0 Å². The molecule has 5 nitrogen and oxygen atoms in total. The molecule has 1 aromatic carbocycles. The van der Waals surface area contributed by atoms with Crippen molar-refractivity contribution in [3.05, 3.63) is 22.2 Å². The van der Waals surface area contributed by atoms with Crippen molar-refractivity contribution >= 4 is 29.1 Å². The second-order valence-electron chi connectivity index (χ2n) is 4.00. The molecule has 7 heteroatoms. The molecular weight excluding hydrogens is 290 g/mol. The number of nitrogens with zero attached hydrogens (tertiary/aromatic N) is 1. The van der Waals surface area contributed by atoms with Gasteiger partial charge >= 0.3 is 0 Å². The first kappa shape index (κ1) is 15.9. The number of methoxy groups -OCH3 is 2. The maximum Gasteiger partial charge on any atom is 0.286 e. The largest absolute Gasteiger partial charge is 0.493 e. The van der Waals surface area contributed by atoms with Crippen LogP contribution >= 0.6 is 23.4 Å². The van der Waals surface area contributed by atoms with Crippen LogP contribution in [-0.4, -0.2) is 30.8 Å². The average Bonchev–Trinajstić information content (AvgIpc) is 2.43. The molecule has 106 valence electrons. The fraction of sp³-hybridized carbons (Fsp3) is 0.500. The van der Waals surface area contributed by atoms with E-state index in [0.29, 0.717) is 28.0 Å². The molecule has 0 aliphatic heterocycles. The van der Waals surface area contributed by atoms with E-state index in [1.807, 2.05) is 6.92 Å². The molecule has 0 saturated carbocycles. The predicted octanol–water partition coefficient (Wildman–Crippen LogP) is 3.58. The maximum atomic E-state index is 11.1. The summed E-state index contributed by atoms with van der Waals surface area (Å²) in [6.45, 7) is 1.99. The van der Waals surface area contributed by atoms with Crippen molar-refractivity contribution in [3.63, 3.8) is 0 Å². The van der Waals surface area contributed by atoms with Crippen molar-refractivity contribution < 1.29 is 14.4 Å². The van der Waals surface area contributed by atoms with Gasteiger partial charge in [0.05, 0.1) is 30.1 Å². The van der Waals surface area contributed by atoms with E-state index in [4.69, 9.17) is 21.1 Å². The van der Waals surface area contributed by atoms with E-state index in [9.17, 15) is 10.1 Å². The number of alkyl halides is 1. The Labute approximate surface area is 121 Å². The van der Waals surface area contributed by atoms with Gasteiger partial charge in [0, 0.05) is 17.7 Å².